The average Bonchev–Trinajstić information content (AvgIpc) is 2.69. The van der Waals surface area contributed by atoms with Crippen LogP contribution in [0.25, 0.3) is 0 Å². The molecule has 5 heteroatoms. The summed E-state index contributed by atoms with van der Waals surface area (Å²) in [7, 11) is 1.90. The summed E-state index contributed by atoms with van der Waals surface area (Å²) >= 11 is 9.38. The fourth-order valence-electron chi connectivity index (χ4n) is 2.02. The molecule has 1 aromatic carbocycles. The monoisotopic (exact) mass is 342 g/mol. The van der Waals surface area contributed by atoms with Gasteiger partial charge in [0.25, 0.3) is 0 Å². The van der Waals surface area contributed by atoms with Crippen LogP contribution in [0.5, 0.6) is 0 Å². The molecule has 0 bridgehead atoms. The quantitative estimate of drug-likeness (QED) is 0.919. The molecule has 0 amide bonds. The predicted molar refractivity (Wildman–Crippen MR) is 80.4 cm³/mol. The maximum Gasteiger partial charge on any atom is 0.0846 e. The molecule has 1 aromatic heterocycles. The van der Waals surface area contributed by atoms with Crippen molar-refractivity contribution in [3.63, 3.8) is 0 Å². The zero-order valence-electron chi connectivity index (χ0n) is 10.9. The van der Waals surface area contributed by atoms with Crippen molar-refractivity contribution in [3.8, 4) is 0 Å². The Bertz CT molecular complexity index is 563. The van der Waals surface area contributed by atoms with Crippen LogP contribution in [0.3, 0.4) is 0 Å². The van der Waals surface area contributed by atoms with E-state index >= 15 is 0 Å². The third kappa shape index (κ3) is 3.59. The fraction of sp³-hybridized carbons (Fsp3) is 0.357. The van der Waals surface area contributed by atoms with E-state index in [0.29, 0.717) is 11.4 Å². The number of hydrogen-bond acceptors (Lipinski definition) is 2. The SMILES string of the molecule is CCc1cc(CC(O)c2cc(Cl)cc(Br)c2)n(C)n1. The topological polar surface area (TPSA) is 38.0 Å². The van der Waals surface area contributed by atoms with Gasteiger partial charge in [0, 0.05) is 28.7 Å². The van der Waals surface area contributed by atoms with Gasteiger partial charge in [-0.05, 0) is 36.2 Å². The Morgan fingerprint density at radius 3 is 2.68 bits per heavy atom. The second-order valence-corrected chi connectivity index (χ2v) is 5.88. The second-order valence-electron chi connectivity index (χ2n) is 4.53. The van der Waals surface area contributed by atoms with Crippen molar-refractivity contribution >= 4 is 27.5 Å². The molecule has 0 spiro atoms. The molecule has 102 valence electrons. The van der Waals surface area contributed by atoms with Crippen molar-refractivity contribution < 1.29 is 5.11 Å². The van der Waals surface area contributed by atoms with Gasteiger partial charge in [0.15, 0.2) is 0 Å². The largest absolute Gasteiger partial charge is 0.388 e. The summed E-state index contributed by atoms with van der Waals surface area (Å²) < 4.78 is 2.69. The smallest absolute Gasteiger partial charge is 0.0846 e. The first-order chi connectivity index (χ1) is 8.99. The summed E-state index contributed by atoms with van der Waals surface area (Å²) in [4.78, 5) is 0. The van der Waals surface area contributed by atoms with E-state index < -0.39 is 6.10 Å². The van der Waals surface area contributed by atoms with Gasteiger partial charge in [-0.3, -0.25) is 4.68 Å². The number of nitrogens with zero attached hydrogens (tertiary/aromatic N) is 2. The lowest BCUT2D eigenvalue weighted by molar-refractivity contribution is 0.175. The Hall–Kier alpha value is -0.840. The van der Waals surface area contributed by atoms with Crippen molar-refractivity contribution in [2.75, 3.05) is 0 Å². The van der Waals surface area contributed by atoms with Crippen LogP contribution in [0.1, 0.15) is 30.0 Å². The highest BCUT2D eigenvalue weighted by Gasteiger charge is 2.13. The van der Waals surface area contributed by atoms with E-state index in [-0.39, 0.29) is 0 Å². The van der Waals surface area contributed by atoms with E-state index in [1.165, 1.54) is 0 Å². The normalized spacial score (nSPS) is 12.7. The van der Waals surface area contributed by atoms with E-state index in [1.54, 1.807) is 12.1 Å². The first-order valence-electron chi connectivity index (χ1n) is 6.15. The second kappa shape index (κ2) is 6.07. The minimum atomic E-state index is -0.588. The van der Waals surface area contributed by atoms with Crippen LogP contribution in [0.4, 0.5) is 0 Å². The first kappa shape index (κ1) is 14.6. The van der Waals surface area contributed by atoms with Gasteiger partial charge in [-0.15, -0.1) is 0 Å². The van der Waals surface area contributed by atoms with E-state index in [4.69, 9.17) is 11.6 Å². The van der Waals surface area contributed by atoms with Crippen molar-refractivity contribution in [2.45, 2.75) is 25.9 Å². The Morgan fingerprint density at radius 1 is 1.37 bits per heavy atom. The Labute approximate surface area is 126 Å². The summed E-state index contributed by atoms with van der Waals surface area (Å²) in [6.45, 7) is 2.07. The standard InChI is InChI=1S/C14H16BrClN2O/c1-3-12-7-13(18(2)17-12)8-14(19)9-4-10(15)6-11(16)5-9/h4-7,14,19H,3,8H2,1-2H3. The van der Waals surface area contributed by atoms with E-state index in [1.807, 2.05) is 23.9 Å². The van der Waals surface area contributed by atoms with Gasteiger partial charge >= 0.3 is 0 Å². The molecule has 1 atom stereocenters. The van der Waals surface area contributed by atoms with Crippen LogP contribution >= 0.6 is 27.5 Å². The third-order valence-electron chi connectivity index (χ3n) is 3.06. The molecule has 1 N–H and O–H groups in total. The molecule has 0 fully saturated rings. The minimum absolute atomic E-state index is 0.524. The fourth-order valence-corrected chi connectivity index (χ4v) is 2.91. The Morgan fingerprint density at radius 2 is 2.11 bits per heavy atom. The third-order valence-corrected chi connectivity index (χ3v) is 3.74. The number of aliphatic hydroxyl groups excluding tert-OH is 1. The summed E-state index contributed by atoms with van der Waals surface area (Å²) in [5.41, 5.74) is 2.86. The molecular formula is C14H16BrClN2O. The van der Waals surface area contributed by atoms with Crippen LogP contribution in [-0.4, -0.2) is 14.9 Å². The van der Waals surface area contributed by atoms with E-state index in [0.717, 1.165) is 27.8 Å². The lowest BCUT2D eigenvalue weighted by atomic mass is 10.0. The van der Waals surface area contributed by atoms with Crippen LogP contribution < -0.4 is 0 Å². The summed E-state index contributed by atoms with van der Waals surface area (Å²) in [6.07, 6.45) is 0.832. The van der Waals surface area contributed by atoms with Gasteiger partial charge in [-0.2, -0.15) is 5.10 Å². The number of rotatable bonds is 4. The molecule has 2 rings (SSSR count). The Kier molecular flexibility index (Phi) is 4.66. The minimum Gasteiger partial charge on any atom is -0.388 e. The van der Waals surface area contributed by atoms with E-state index in [2.05, 4.69) is 28.0 Å². The lowest BCUT2D eigenvalue weighted by Crippen LogP contribution is -2.06. The number of aryl methyl sites for hydroxylation is 2. The van der Waals surface area contributed by atoms with Gasteiger partial charge in [-0.1, -0.05) is 34.5 Å². The highest BCUT2D eigenvalue weighted by atomic mass is 79.9. The number of aliphatic hydroxyl groups is 1. The highest BCUT2D eigenvalue weighted by molar-refractivity contribution is 9.10. The lowest BCUT2D eigenvalue weighted by Gasteiger charge is -2.12. The first-order valence-corrected chi connectivity index (χ1v) is 7.32. The molecule has 1 unspecified atom stereocenters. The van der Waals surface area contributed by atoms with Crippen molar-refractivity contribution in [1.29, 1.82) is 0 Å². The van der Waals surface area contributed by atoms with Crippen LogP contribution in [0.2, 0.25) is 5.02 Å². The highest BCUT2D eigenvalue weighted by Crippen LogP contribution is 2.26. The maximum atomic E-state index is 10.3. The average molecular weight is 344 g/mol. The van der Waals surface area contributed by atoms with Gasteiger partial charge < -0.3 is 5.11 Å². The number of aromatic nitrogens is 2. The molecule has 0 saturated carbocycles. The Balaban J connectivity index is 2.20. The van der Waals surface area contributed by atoms with Crippen LogP contribution in [0.15, 0.2) is 28.7 Å². The molecule has 0 aliphatic carbocycles. The van der Waals surface area contributed by atoms with Crippen molar-refractivity contribution in [2.24, 2.45) is 7.05 Å². The summed E-state index contributed by atoms with van der Waals surface area (Å²) in [6, 6.07) is 7.50. The van der Waals surface area contributed by atoms with Gasteiger partial charge in [0.05, 0.1) is 11.8 Å². The van der Waals surface area contributed by atoms with Gasteiger partial charge in [-0.25, -0.2) is 0 Å². The zero-order chi connectivity index (χ0) is 14.0. The summed E-state index contributed by atoms with van der Waals surface area (Å²) in [5.74, 6) is 0. The molecule has 0 aliphatic rings. The van der Waals surface area contributed by atoms with Crippen LogP contribution in [-0.2, 0) is 19.9 Å². The molecular weight excluding hydrogens is 328 g/mol. The van der Waals surface area contributed by atoms with Crippen LogP contribution in [0, 0.1) is 0 Å². The van der Waals surface area contributed by atoms with Crippen molar-refractivity contribution in [3.05, 3.63) is 50.7 Å². The predicted octanol–water partition coefficient (Wildman–Crippen LogP) is 3.67. The van der Waals surface area contributed by atoms with Gasteiger partial charge in [0.1, 0.15) is 0 Å². The number of benzene rings is 1. The van der Waals surface area contributed by atoms with E-state index in [9.17, 15) is 5.11 Å². The molecule has 1 heterocycles. The molecule has 0 saturated heterocycles. The molecule has 0 aliphatic heterocycles. The number of halogens is 2. The number of hydrogen-bond donors (Lipinski definition) is 1. The van der Waals surface area contributed by atoms with Crippen molar-refractivity contribution in [1.82, 2.24) is 9.78 Å². The molecule has 0 radical (unpaired) electrons. The maximum absolute atomic E-state index is 10.3. The molecule has 19 heavy (non-hydrogen) atoms. The molecule has 3 nitrogen and oxygen atoms in total. The van der Waals surface area contributed by atoms with Gasteiger partial charge in [0.2, 0.25) is 0 Å². The zero-order valence-corrected chi connectivity index (χ0v) is 13.2. The molecule has 2 aromatic rings. The summed E-state index contributed by atoms with van der Waals surface area (Å²) in [5, 5.41) is 15.3.